The van der Waals surface area contributed by atoms with Gasteiger partial charge in [-0.15, -0.1) is 0 Å². The summed E-state index contributed by atoms with van der Waals surface area (Å²) in [4.78, 5) is 6.93. The second kappa shape index (κ2) is 11.5. The summed E-state index contributed by atoms with van der Waals surface area (Å²) in [6, 6.07) is 17.0. The van der Waals surface area contributed by atoms with Crippen LogP contribution in [0.2, 0.25) is 0 Å². The molecule has 162 valence electrons. The maximum atomic E-state index is 5.47. The zero-order valence-electron chi connectivity index (χ0n) is 18.4. The van der Waals surface area contributed by atoms with Gasteiger partial charge in [0, 0.05) is 39.3 Å². The fraction of sp³-hybridized carbons (Fsp3) is 0.458. The average molecular weight is 411 g/mol. The fourth-order valence-electron chi connectivity index (χ4n) is 3.86. The molecule has 1 heterocycles. The molecule has 0 amide bonds. The van der Waals surface area contributed by atoms with E-state index in [1.807, 2.05) is 25.2 Å². The van der Waals surface area contributed by atoms with Gasteiger partial charge in [-0.05, 0) is 48.6 Å². The lowest BCUT2D eigenvalue weighted by Crippen LogP contribution is -2.48. The zero-order valence-corrected chi connectivity index (χ0v) is 18.4. The smallest absolute Gasteiger partial charge is 0.191 e. The maximum Gasteiger partial charge on any atom is 0.191 e. The molecule has 1 aliphatic heterocycles. The summed E-state index contributed by atoms with van der Waals surface area (Å²) in [7, 11) is 5.20. The monoisotopic (exact) mass is 410 g/mol. The molecule has 3 rings (SSSR count). The van der Waals surface area contributed by atoms with Crippen LogP contribution in [-0.4, -0.2) is 57.8 Å². The van der Waals surface area contributed by atoms with E-state index in [0.717, 1.165) is 68.5 Å². The second-order valence-corrected chi connectivity index (χ2v) is 7.61. The van der Waals surface area contributed by atoms with Gasteiger partial charge in [-0.1, -0.05) is 30.3 Å². The standard InChI is InChI=1S/C24H34N4O2/c1-25-24(26-14-11-20-17-22(29-2)9-10-23(20)30-3)27-21-12-15-28(16-13-21)18-19-7-5-4-6-8-19/h4-10,17,21H,11-16,18H2,1-3H3,(H2,25,26,27). The molecule has 0 bridgehead atoms. The highest BCUT2D eigenvalue weighted by atomic mass is 16.5. The van der Waals surface area contributed by atoms with Crippen molar-refractivity contribution in [2.45, 2.75) is 31.8 Å². The third-order valence-electron chi connectivity index (χ3n) is 5.58. The van der Waals surface area contributed by atoms with Crippen molar-refractivity contribution in [1.82, 2.24) is 15.5 Å². The van der Waals surface area contributed by atoms with E-state index in [-0.39, 0.29) is 0 Å². The molecule has 1 aliphatic rings. The molecule has 0 aromatic heterocycles. The Morgan fingerprint density at radius 1 is 1.07 bits per heavy atom. The van der Waals surface area contributed by atoms with E-state index >= 15 is 0 Å². The summed E-state index contributed by atoms with van der Waals surface area (Å²) in [6.45, 7) is 4.01. The van der Waals surface area contributed by atoms with Crippen LogP contribution < -0.4 is 20.1 Å². The van der Waals surface area contributed by atoms with E-state index in [1.165, 1.54) is 5.56 Å². The molecule has 2 N–H and O–H groups in total. The lowest BCUT2D eigenvalue weighted by molar-refractivity contribution is 0.198. The number of likely N-dealkylation sites (tertiary alicyclic amines) is 1. The van der Waals surface area contributed by atoms with Gasteiger partial charge < -0.3 is 20.1 Å². The fourth-order valence-corrected chi connectivity index (χ4v) is 3.86. The molecular weight excluding hydrogens is 376 g/mol. The molecule has 6 heteroatoms. The van der Waals surface area contributed by atoms with Crippen molar-refractivity contribution in [3.8, 4) is 11.5 Å². The second-order valence-electron chi connectivity index (χ2n) is 7.61. The first-order valence-electron chi connectivity index (χ1n) is 10.7. The summed E-state index contributed by atoms with van der Waals surface area (Å²) < 4.78 is 10.8. The number of nitrogens with one attached hydrogen (secondary N) is 2. The molecule has 1 fully saturated rings. The molecule has 30 heavy (non-hydrogen) atoms. The molecule has 0 aliphatic carbocycles. The summed E-state index contributed by atoms with van der Waals surface area (Å²) in [6.07, 6.45) is 3.07. The average Bonchev–Trinajstić information content (AvgIpc) is 2.80. The van der Waals surface area contributed by atoms with Gasteiger partial charge in [0.15, 0.2) is 5.96 Å². The summed E-state index contributed by atoms with van der Waals surface area (Å²) >= 11 is 0. The van der Waals surface area contributed by atoms with E-state index in [4.69, 9.17) is 9.47 Å². The number of nitrogens with zero attached hydrogens (tertiary/aromatic N) is 2. The molecule has 2 aromatic rings. The van der Waals surface area contributed by atoms with Crippen LogP contribution in [0.15, 0.2) is 53.5 Å². The molecule has 1 saturated heterocycles. The first-order valence-corrected chi connectivity index (χ1v) is 10.7. The van der Waals surface area contributed by atoms with E-state index in [2.05, 4.69) is 50.9 Å². The molecule has 2 aromatic carbocycles. The summed E-state index contributed by atoms with van der Waals surface area (Å²) in [5, 5.41) is 7.02. The van der Waals surface area contributed by atoms with Gasteiger partial charge in [0.05, 0.1) is 14.2 Å². The Kier molecular flexibility index (Phi) is 8.39. The zero-order chi connectivity index (χ0) is 21.2. The van der Waals surface area contributed by atoms with Gasteiger partial charge in [0.2, 0.25) is 0 Å². The Bertz CT molecular complexity index is 802. The number of methoxy groups -OCH3 is 2. The molecule has 0 atom stereocenters. The number of rotatable bonds is 8. The van der Waals surface area contributed by atoms with Crippen LogP contribution in [-0.2, 0) is 13.0 Å². The Morgan fingerprint density at radius 2 is 1.83 bits per heavy atom. The third-order valence-corrected chi connectivity index (χ3v) is 5.58. The van der Waals surface area contributed by atoms with Crippen molar-refractivity contribution in [3.63, 3.8) is 0 Å². The molecule has 6 nitrogen and oxygen atoms in total. The highest BCUT2D eigenvalue weighted by molar-refractivity contribution is 5.80. The normalized spacial score (nSPS) is 15.6. The number of ether oxygens (including phenoxy) is 2. The minimum Gasteiger partial charge on any atom is -0.497 e. The SMILES string of the molecule is CN=C(NCCc1cc(OC)ccc1OC)NC1CCN(Cc2ccccc2)CC1. The van der Waals surface area contributed by atoms with Gasteiger partial charge in [0.25, 0.3) is 0 Å². The Morgan fingerprint density at radius 3 is 2.50 bits per heavy atom. The van der Waals surface area contributed by atoms with Gasteiger partial charge >= 0.3 is 0 Å². The summed E-state index contributed by atoms with van der Waals surface area (Å²) in [5.74, 6) is 2.58. The highest BCUT2D eigenvalue weighted by Gasteiger charge is 2.20. The molecular formula is C24H34N4O2. The number of piperidine rings is 1. The molecule has 0 spiro atoms. The van der Waals surface area contributed by atoms with Crippen LogP contribution in [0.1, 0.15) is 24.0 Å². The van der Waals surface area contributed by atoms with Crippen molar-refractivity contribution in [3.05, 3.63) is 59.7 Å². The maximum absolute atomic E-state index is 5.47. The molecule has 0 unspecified atom stereocenters. The van der Waals surface area contributed by atoms with Gasteiger partial charge in [-0.2, -0.15) is 0 Å². The van der Waals surface area contributed by atoms with Crippen LogP contribution in [0.3, 0.4) is 0 Å². The van der Waals surface area contributed by atoms with Crippen LogP contribution in [0, 0.1) is 0 Å². The van der Waals surface area contributed by atoms with Gasteiger partial charge in [0.1, 0.15) is 11.5 Å². The van der Waals surface area contributed by atoms with Gasteiger partial charge in [-0.3, -0.25) is 9.89 Å². The van der Waals surface area contributed by atoms with Crippen molar-refractivity contribution < 1.29 is 9.47 Å². The lowest BCUT2D eigenvalue weighted by Gasteiger charge is -2.33. The third kappa shape index (κ3) is 6.39. The van der Waals surface area contributed by atoms with E-state index < -0.39 is 0 Å². The highest BCUT2D eigenvalue weighted by Crippen LogP contribution is 2.24. The van der Waals surface area contributed by atoms with Crippen molar-refractivity contribution in [2.75, 3.05) is 40.9 Å². The number of guanidine groups is 1. The topological polar surface area (TPSA) is 58.1 Å². The quantitative estimate of drug-likeness (QED) is 0.517. The predicted molar refractivity (Wildman–Crippen MR) is 122 cm³/mol. The Labute approximate surface area is 180 Å². The molecule has 0 saturated carbocycles. The number of hydrogen-bond donors (Lipinski definition) is 2. The first-order chi connectivity index (χ1) is 14.7. The van der Waals surface area contributed by atoms with Crippen LogP contribution in [0.4, 0.5) is 0 Å². The van der Waals surface area contributed by atoms with E-state index in [0.29, 0.717) is 6.04 Å². The Hall–Kier alpha value is -2.73. The van der Waals surface area contributed by atoms with E-state index in [1.54, 1.807) is 14.2 Å². The first kappa shape index (κ1) is 22.0. The Balaban J connectivity index is 1.42. The minimum absolute atomic E-state index is 0.453. The minimum atomic E-state index is 0.453. The van der Waals surface area contributed by atoms with Crippen molar-refractivity contribution >= 4 is 5.96 Å². The summed E-state index contributed by atoms with van der Waals surface area (Å²) in [5.41, 5.74) is 2.50. The predicted octanol–water partition coefficient (Wildman–Crippen LogP) is 3.08. The molecule has 0 radical (unpaired) electrons. The van der Waals surface area contributed by atoms with E-state index in [9.17, 15) is 0 Å². The van der Waals surface area contributed by atoms with Crippen molar-refractivity contribution in [1.29, 1.82) is 0 Å². The van der Waals surface area contributed by atoms with Crippen LogP contribution >= 0.6 is 0 Å². The number of hydrogen-bond acceptors (Lipinski definition) is 4. The largest absolute Gasteiger partial charge is 0.497 e. The number of benzene rings is 2. The van der Waals surface area contributed by atoms with Crippen LogP contribution in [0.25, 0.3) is 0 Å². The lowest BCUT2D eigenvalue weighted by atomic mass is 10.0. The van der Waals surface area contributed by atoms with Crippen molar-refractivity contribution in [2.24, 2.45) is 4.99 Å². The van der Waals surface area contributed by atoms with Gasteiger partial charge in [-0.25, -0.2) is 0 Å². The number of aliphatic imine (C=N–C) groups is 1. The van der Waals surface area contributed by atoms with Crippen LogP contribution in [0.5, 0.6) is 11.5 Å².